The van der Waals surface area contributed by atoms with Crippen molar-refractivity contribution in [2.24, 2.45) is 0 Å². The molecule has 21 heavy (non-hydrogen) atoms. The Kier molecular flexibility index (Phi) is 5.34. The average Bonchev–Trinajstić information content (AvgIpc) is 2.86. The Morgan fingerprint density at radius 1 is 1.38 bits per heavy atom. The van der Waals surface area contributed by atoms with Crippen LogP contribution in [0.4, 0.5) is 0 Å². The summed E-state index contributed by atoms with van der Waals surface area (Å²) in [4.78, 5) is 11.9. The van der Waals surface area contributed by atoms with Crippen LogP contribution in [0, 0.1) is 0 Å². The summed E-state index contributed by atoms with van der Waals surface area (Å²) in [5, 5.41) is 10.00. The summed E-state index contributed by atoms with van der Waals surface area (Å²) in [5.41, 5.74) is 2.19. The number of esters is 1. The van der Waals surface area contributed by atoms with Crippen molar-refractivity contribution in [3.05, 3.63) is 54.1 Å². The molecule has 1 unspecified atom stereocenters. The van der Waals surface area contributed by atoms with E-state index >= 15 is 0 Å². The molecule has 0 saturated carbocycles. The Morgan fingerprint density at radius 3 is 2.76 bits per heavy atom. The maximum Gasteiger partial charge on any atom is 0.339 e. The van der Waals surface area contributed by atoms with Crippen LogP contribution in [-0.4, -0.2) is 23.3 Å². The Bertz CT molecular complexity index is 531. The van der Waals surface area contributed by atoms with Crippen LogP contribution in [0.2, 0.25) is 0 Å². The fourth-order valence-electron chi connectivity index (χ4n) is 2.42. The van der Waals surface area contributed by atoms with Crippen molar-refractivity contribution in [2.45, 2.75) is 44.8 Å². The summed E-state index contributed by atoms with van der Waals surface area (Å²) in [5.74, 6) is -0.304. The number of ether oxygens (including phenoxy) is 1. The van der Waals surface area contributed by atoms with Gasteiger partial charge in [-0.15, -0.1) is 0 Å². The van der Waals surface area contributed by atoms with Crippen LogP contribution in [0.25, 0.3) is 5.57 Å². The second-order valence-corrected chi connectivity index (χ2v) is 5.41. The molecule has 1 heterocycles. The van der Waals surface area contributed by atoms with Crippen molar-refractivity contribution in [3.63, 3.8) is 0 Å². The zero-order chi connectivity index (χ0) is 15.2. The van der Waals surface area contributed by atoms with E-state index in [0.29, 0.717) is 18.4 Å². The van der Waals surface area contributed by atoms with Crippen LogP contribution in [0.15, 0.2) is 48.6 Å². The number of rotatable bonds is 7. The van der Waals surface area contributed by atoms with E-state index in [1.807, 2.05) is 36.4 Å². The first-order valence-corrected chi connectivity index (χ1v) is 7.45. The fourth-order valence-corrected chi connectivity index (χ4v) is 2.42. The summed E-state index contributed by atoms with van der Waals surface area (Å²) < 4.78 is 5.35. The SMILES string of the molecule is C=C(C[C@@H]1C=C(c2ccccc2)C(=O)O1)C(O)CCCC. The molecule has 0 aliphatic carbocycles. The van der Waals surface area contributed by atoms with E-state index in [0.717, 1.165) is 24.0 Å². The van der Waals surface area contributed by atoms with Gasteiger partial charge in [-0.2, -0.15) is 0 Å². The average molecular weight is 286 g/mol. The molecule has 2 atom stereocenters. The monoisotopic (exact) mass is 286 g/mol. The Hall–Kier alpha value is -1.87. The topological polar surface area (TPSA) is 46.5 Å². The van der Waals surface area contributed by atoms with E-state index in [1.54, 1.807) is 0 Å². The van der Waals surface area contributed by atoms with Gasteiger partial charge in [0, 0.05) is 6.42 Å². The molecule has 1 aromatic carbocycles. The molecule has 0 bridgehead atoms. The molecule has 0 fully saturated rings. The number of cyclic esters (lactones) is 1. The van der Waals surface area contributed by atoms with Crippen LogP contribution in [-0.2, 0) is 9.53 Å². The molecule has 1 aromatic rings. The van der Waals surface area contributed by atoms with Gasteiger partial charge < -0.3 is 9.84 Å². The first kappa shape index (κ1) is 15.5. The summed E-state index contributed by atoms with van der Waals surface area (Å²) >= 11 is 0. The number of hydrogen-bond donors (Lipinski definition) is 1. The van der Waals surface area contributed by atoms with E-state index in [-0.39, 0.29) is 12.1 Å². The lowest BCUT2D eigenvalue weighted by Crippen LogP contribution is -2.16. The second kappa shape index (κ2) is 7.23. The molecule has 0 aromatic heterocycles. The van der Waals surface area contributed by atoms with Crippen molar-refractivity contribution >= 4 is 11.5 Å². The normalized spacial score (nSPS) is 19.0. The van der Waals surface area contributed by atoms with Gasteiger partial charge in [0.25, 0.3) is 0 Å². The van der Waals surface area contributed by atoms with Crippen molar-refractivity contribution < 1.29 is 14.6 Å². The van der Waals surface area contributed by atoms with Gasteiger partial charge in [0.1, 0.15) is 6.10 Å². The van der Waals surface area contributed by atoms with Gasteiger partial charge in [0.2, 0.25) is 0 Å². The lowest BCUT2D eigenvalue weighted by atomic mass is 9.99. The van der Waals surface area contributed by atoms with E-state index in [4.69, 9.17) is 4.74 Å². The molecule has 0 saturated heterocycles. The molecule has 3 heteroatoms. The molecule has 1 aliphatic heterocycles. The maximum atomic E-state index is 11.9. The summed E-state index contributed by atoms with van der Waals surface area (Å²) in [7, 11) is 0. The fraction of sp³-hybridized carbons (Fsp3) is 0.389. The number of aliphatic hydroxyl groups excluding tert-OH is 1. The van der Waals surface area contributed by atoms with Gasteiger partial charge in [-0.3, -0.25) is 0 Å². The summed E-state index contributed by atoms with van der Waals surface area (Å²) in [6.45, 7) is 6.01. The smallest absolute Gasteiger partial charge is 0.339 e. The second-order valence-electron chi connectivity index (χ2n) is 5.41. The molecule has 2 rings (SSSR count). The minimum Gasteiger partial charge on any atom is -0.454 e. The van der Waals surface area contributed by atoms with Crippen LogP contribution >= 0.6 is 0 Å². The molecule has 1 N–H and O–H groups in total. The number of hydrogen-bond acceptors (Lipinski definition) is 3. The molecule has 0 spiro atoms. The number of carbonyl (C=O) groups is 1. The highest BCUT2D eigenvalue weighted by atomic mass is 16.5. The molecule has 3 nitrogen and oxygen atoms in total. The van der Waals surface area contributed by atoms with Gasteiger partial charge in [-0.05, 0) is 23.6 Å². The van der Waals surface area contributed by atoms with E-state index in [1.165, 1.54) is 0 Å². The lowest BCUT2D eigenvalue weighted by Gasteiger charge is -2.15. The largest absolute Gasteiger partial charge is 0.454 e. The van der Waals surface area contributed by atoms with Crippen LogP contribution in [0.1, 0.15) is 38.2 Å². The van der Waals surface area contributed by atoms with Gasteiger partial charge >= 0.3 is 5.97 Å². The van der Waals surface area contributed by atoms with Crippen LogP contribution in [0.3, 0.4) is 0 Å². The third kappa shape index (κ3) is 4.05. The maximum absolute atomic E-state index is 11.9. The van der Waals surface area contributed by atoms with E-state index < -0.39 is 6.10 Å². The van der Waals surface area contributed by atoms with Gasteiger partial charge in [-0.1, -0.05) is 56.7 Å². The molecule has 0 amide bonds. The number of benzene rings is 1. The minimum atomic E-state index is -0.516. The Morgan fingerprint density at radius 2 is 2.10 bits per heavy atom. The van der Waals surface area contributed by atoms with Crippen molar-refractivity contribution in [3.8, 4) is 0 Å². The number of aliphatic hydroxyl groups is 1. The predicted octanol–water partition coefficient (Wildman–Crippen LogP) is 3.49. The van der Waals surface area contributed by atoms with E-state index in [2.05, 4.69) is 13.5 Å². The van der Waals surface area contributed by atoms with Gasteiger partial charge in [0.05, 0.1) is 11.7 Å². The zero-order valence-electron chi connectivity index (χ0n) is 12.4. The van der Waals surface area contributed by atoms with Crippen LogP contribution < -0.4 is 0 Å². The highest BCUT2D eigenvalue weighted by Crippen LogP contribution is 2.27. The summed E-state index contributed by atoms with van der Waals surface area (Å²) in [6, 6.07) is 9.48. The minimum absolute atomic E-state index is 0.304. The van der Waals surface area contributed by atoms with Crippen molar-refractivity contribution in [2.75, 3.05) is 0 Å². The molecule has 0 radical (unpaired) electrons. The number of carbonyl (C=O) groups excluding carboxylic acids is 1. The molecule has 112 valence electrons. The van der Waals surface area contributed by atoms with Crippen molar-refractivity contribution in [1.82, 2.24) is 0 Å². The Labute approximate surface area is 125 Å². The van der Waals surface area contributed by atoms with Crippen LogP contribution in [0.5, 0.6) is 0 Å². The third-order valence-electron chi connectivity index (χ3n) is 3.68. The van der Waals surface area contributed by atoms with Gasteiger partial charge in [0.15, 0.2) is 0 Å². The molecular weight excluding hydrogens is 264 g/mol. The Balaban J connectivity index is 1.98. The molecule has 1 aliphatic rings. The molecular formula is C18H22O3. The van der Waals surface area contributed by atoms with Gasteiger partial charge in [-0.25, -0.2) is 4.79 Å². The lowest BCUT2D eigenvalue weighted by molar-refractivity contribution is -0.137. The highest BCUT2D eigenvalue weighted by molar-refractivity contribution is 6.18. The first-order valence-electron chi connectivity index (χ1n) is 7.45. The standard InChI is InChI=1S/C18H22O3/c1-3-4-10-17(19)13(2)11-15-12-16(18(20)21-15)14-8-6-5-7-9-14/h5-9,12,15,17,19H,2-4,10-11H2,1H3/t15-,17?/m1/s1. The first-order chi connectivity index (χ1) is 10.1. The quantitative estimate of drug-likeness (QED) is 0.616. The summed E-state index contributed by atoms with van der Waals surface area (Å²) in [6.07, 6.45) is 4.19. The third-order valence-corrected chi connectivity index (χ3v) is 3.68. The highest BCUT2D eigenvalue weighted by Gasteiger charge is 2.27. The predicted molar refractivity (Wildman–Crippen MR) is 83.6 cm³/mol. The van der Waals surface area contributed by atoms with Crippen molar-refractivity contribution in [1.29, 1.82) is 0 Å². The van der Waals surface area contributed by atoms with E-state index in [9.17, 15) is 9.90 Å². The zero-order valence-corrected chi connectivity index (χ0v) is 12.4. The number of unbranched alkanes of at least 4 members (excludes halogenated alkanes) is 1.